The number of aryl methyl sites for hydroxylation is 2. The van der Waals surface area contributed by atoms with E-state index >= 15 is 0 Å². The zero-order chi connectivity index (χ0) is 22.1. The maximum atomic E-state index is 13.5. The van der Waals surface area contributed by atoms with E-state index in [0.29, 0.717) is 28.6 Å². The molecular weight excluding hydrogens is 426 g/mol. The van der Waals surface area contributed by atoms with Crippen LogP contribution in [0, 0.1) is 13.8 Å². The minimum Gasteiger partial charge on any atom is -0.324 e. The standard InChI is InChI=1S/C21H19ClF2N6O/c1-12-6-17(20(23)24)19-13(2)28-30(21(19)26-12)11-18(31)27-16-5-3-4-14(7-16)9-29-10-15(22)8-25-29/h3-8,10,20H,9,11H2,1-2H3,(H,27,31). The number of amides is 1. The third-order valence-electron chi connectivity index (χ3n) is 4.72. The number of anilines is 1. The van der Waals surface area contributed by atoms with E-state index in [1.165, 1.54) is 10.7 Å². The van der Waals surface area contributed by atoms with Gasteiger partial charge < -0.3 is 5.32 Å². The number of hydrogen-bond donors (Lipinski definition) is 1. The number of halogens is 3. The van der Waals surface area contributed by atoms with Crippen molar-refractivity contribution >= 4 is 34.2 Å². The van der Waals surface area contributed by atoms with Crippen LogP contribution in [0.25, 0.3) is 11.0 Å². The Morgan fingerprint density at radius 3 is 2.77 bits per heavy atom. The summed E-state index contributed by atoms with van der Waals surface area (Å²) >= 11 is 5.89. The zero-order valence-electron chi connectivity index (χ0n) is 16.8. The van der Waals surface area contributed by atoms with E-state index in [-0.39, 0.29) is 29.0 Å². The van der Waals surface area contributed by atoms with E-state index in [9.17, 15) is 13.6 Å². The molecule has 160 valence electrons. The quantitative estimate of drug-likeness (QED) is 0.474. The van der Waals surface area contributed by atoms with Gasteiger partial charge in [-0.15, -0.1) is 0 Å². The molecule has 4 rings (SSSR count). The van der Waals surface area contributed by atoms with Crippen molar-refractivity contribution in [1.82, 2.24) is 24.5 Å². The monoisotopic (exact) mass is 444 g/mol. The largest absolute Gasteiger partial charge is 0.324 e. The van der Waals surface area contributed by atoms with E-state index in [0.717, 1.165) is 5.56 Å². The lowest BCUT2D eigenvalue weighted by Crippen LogP contribution is -2.20. The van der Waals surface area contributed by atoms with Gasteiger partial charge in [0.05, 0.1) is 28.8 Å². The van der Waals surface area contributed by atoms with Gasteiger partial charge in [0, 0.05) is 23.1 Å². The second-order valence-electron chi connectivity index (χ2n) is 7.20. The van der Waals surface area contributed by atoms with Gasteiger partial charge in [-0.25, -0.2) is 18.4 Å². The fourth-order valence-electron chi connectivity index (χ4n) is 3.50. The molecule has 0 spiro atoms. The molecule has 1 aromatic carbocycles. The number of hydrogen-bond acceptors (Lipinski definition) is 4. The number of carbonyl (C=O) groups is 1. The first kappa shape index (κ1) is 20.9. The smallest absolute Gasteiger partial charge is 0.264 e. The molecular formula is C21H19ClF2N6O. The Balaban J connectivity index is 1.53. The van der Waals surface area contributed by atoms with Crippen LogP contribution in [0.4, 0.5) is 14.5 Å². The zero-order valence-corrected chi connectivity index (χ0v) is 17.6. The Morgan fingerprint density at radius 1 is 1.26 bits per heavy atom. The van der Waals surface area contributed by atoms with Crippen molar-refractivity contribution in [1.29, 1.82) is 0 Å². The van der Waals surface area contributed by atoms with Crippen LogP contribution in [0.1, 0.15) is 28.9 Å². The molecule has 0 aliphatic heterocycles. The van der Waals surface area contributed by atoms with Crippen LogP contribution in [0.15, 0.2) is 42.7 Å². The number of aromatic nitrogens is 5. The van der Waals surface area contributed by atoms with Gasteiger partial charge in [-0.3, -0.25) is 9.48 Å². The van der Waals surface area contributed by atoms with Gasteiger partial charge in [0.2, 0.25) is 5.91 Å². The number of nitrogens with one attached hydrogen (secondary N) is 1. The third kappa shape index (κ3) is 4.56. The number of pyridine rings is 1. The summed E-state index contributed by atoms with van der Waals surface area (Å²) in [7, 11) is 0. The molecule has 10 heteroatoms. The van der Waals surface area contributed by atoms with E-state index in [4.69, 9.17) is 11.6 Å². The van der Waals surface area contributed by atoms with Crippen LogP contribution in [0.2, 0.25) is 5.02 Å². The average Bonchev–Trinajstić information content (AvgIpc) is 3.24. The van der Waals surface area contributed by atoms with Crippen molar-refractivity contribution in [2.24, 2.45) is 0 Å². The second kappa shape index (κ2) is 8.43. The molecule has 3 heterocycles. The van der Waals surface area contributed by atoms with E-state index in [1.54, 1.807) is 37.0 Å². The van der Waals surface area contributed by atoms with Crippen molar-refractivity contribution < 1.29 is 13.6 Å². The predicted molar refractivity (Wildman–Crippen MR) is 113 cm³/mol. The van der Waals surface area contributed by atoms with Gasteiger partial charge in [-0.1, -0.05) is 23.7 Å². The molecule has 0 bridgehead atoms. The minimum atomic E-state index is -2.65. The maximum absolute atomic E-state index is 13.5. The molecule has 0 saturated heterocycles. The fourth-order valence-corrected chi connectivity index (χ4v) is 3.65. The summed E-state index contributed by atoms with van der Waals surface area (Å²) in [5.74, 6) is -0.342. The summed E-state index contributed by atoms with van der Waals surface area (Å²) in [5.41, 5.74) is 2.52. The van der Waals surface area contributed by atoms with Gasteiger partial charge >= 0.3 is 0 Å². The Morgan fingerprint density at radius 2 is 2.06 bits per heavy atom. The van der Waals surface area contributed by atoms with Crippen LogP contribution >= 0.6 is 11.6 Å². The van der Waals surface area contributed by atoms with Gasteiger partial charge in [-0.05, 0) is 37.6 Å². The summed E-state index contributed by atoms with van der Waals surface area (Å²) in [4.78, 5) is 17.0. The highest BCUT2D eigenvalue weighted by atomic mass is 35.5. The summed E-state index contributed by atoms with van der Waals surface area (Å²) < 4.78 is 30.0. The molecule has 0 saturated carbocycles. The van der Waals surface area contributed by atoms with Gasteiger partial charge in [-0.2, -0.15) is 10.2 Å². The van der Waals surface area contributed by atoms with Gasteiger partial charge in [0.25, 0.3) is 6.43 Å². The van der Waals surface area contributed by atoms with Crippen LogP contribution < -0.4 is 5.32 Å². The van der Waals surface area contributed by atoms with E-state index < -0.39 is 6.43 Å². The fraction of sp³-hybridized carbons (Fsp3) is 0.238. The van der Waals surface area contributed by atoms with Crippen molar-refractivity contribution in [3.8, 4) is 0 Å². The second-order valence-corrected chi connectivity index (χ2v) is 7.64. The highest BCUT2D eigenvalue weighted by molar-refractivity contribution is 6.30. The first-order chi connectivity index (χ1) is 14.8. The highest BCUT2D eigenvalue weighted by Crippen LogP contribution is 2.30. The maximum Gasteiger partial charge on any atom is 0.264 e. The number of carbonyl (C=O) groups excluding carboxylic acids is 1. The van der Waals surface area contributed by atoms with Crippen molar-refractivity contribution in [3.63, 3.8) is 0 Å². The topological polar surface area (TPSA) is 77.6 Å². The Kier molecular flexibility index (Phi) is 5.69. The lowest BCUT2D eigenvalue weighted by molar-refractivity contribution is -0.116. The van der Waals surface area contributed by atoms with Crippen LogP contribution in [-0.4, -0.2) is 30.5 Å². The number of alkyl halides is 2. The normalized spacial score (nSPS) is 11.4. The molecule has 0 unspecified atom stereocenters. The third-order valence-corrected chi connectivity index (χ3v) is 4.92. The van der Waals surface area contributed by atoms with Crippen molar-refractivity contribution in [2.75, 3.05) is 5.32 Å². The molecule has 3 aromatic heterocycles. The molecule has 0 radical (unpaired) electrons. The predicted octanol–water partition coefficient (Wildman–Crippen LogP) is 4.52. The van der Waals surface area contributed by atoms with E-state index in [2.05, 4.69) is 20.5 Å². The summed E-state index contributed by atoms with van der Waals surface area (Å²) in [6.45, 7) is 3.61. The molecule has 4 aromatic rings. The summed E-state index contributed by atoms with van der Waals surface area (Å²) in [6, 6.07) is 8.68. The number of benzene rings is 1. The van der Waals surface area contributed by atoms with Crippen molar-refractivity contribution in [3.05, 3.63) is 70.3 Å². The van der Waals surface area contributed by atoms with Crippen LogP contribution in [0.3, 0.4) is 0 Å². The molecule has 1 amide bonds. The van der Waals surface area contributed by atoms with Crippen LogP contribution in [-0.2, 0) is 17.9 Å². The van der Waals surface area contributed by atoms with Crippen LogP contribution in [0.5, 0.6) is 0 Å². The van der Waals surface area contributed by atoms with Gasteiger partial charge in [0.1, 0.15) is 6.54 Å². The SMILES string of the molecule is Cc1cc(C(F)F)c2c(C)nn(CC(=O)Nc3cccc(Cn4cc(Cl)cn4)c3)c2n1. The number of nitrogens with zero attached hydrogens (tertiary/aromatic N) is 5. The summed E-state index contributed by atoms with van der Waals surface area (Å²) in [6.07, 6.45) is 0.612. The Labute approximate surface area is 181 Å². The Bertz CT molecular complexity index is 1270. The molecule has 31 heavy (non-hydrogen) atoms. The molecule has 7 nitrogen and oxygen atoms in total. The lowest BCUT2D eigenvalue weighted by atomic mass is 10.1. The van der Waals surface area contributed by atoms with E-state index in [1.807, 2.05) is 18.2 Å². The first-order valence-electron chi connectivity index (χ1n) is 9.49. The molecule has 0 aliphatic rings. The number of rotatable bonds is 6. The van der Waals surface area contributed by atoms with Crippen molar-refractivity contribution in [2.45, 2.75) is 33.4 Å². The summed E-state index contributed by atoms with van der Waals surface area (Å²) in [5, 5.41) is 12.1. The average molecular weight is 445 g/mol. The lowest BCUT2D eigenvalue weighted by Gasteiger charge is -2.09. The molecule has 0 aliphatic carbocycles. The Hall–Kier alpha value is -3.33. The first-order valence-corrected chi connectivity index (χ1v) is 9.87. The minimum absolute atomic E-state index is 0.127. The molecule has 0 fully saturated rings. The number of fused-ring (bicyclic) bond motifs is 1. The highest BCUT2D eigenvalue weighted by Gasteiger charge is 2.20. The molecule has 1 N–H and O–H groups in total. The molecule has 0 atom stereocenters. The van der Waals surface area contributed by atoms with Gasteiger partial charge in [0.15, 0.2) is 5.65 Å².